The van der Waals surface area contributed by atoms with Gasteiger partial charge in [-0.2, -0.15) is 0 Å². The number of carbonyl (C=O) groups is 1. The molecule has 2 aliphatic heterocycles. The van der Waals surface area contributed by atoms with Crippen LogP contribution in [0.3, 0.4) is 0 Å². The van der Waals surface area contributed by atoms with Crippen LogP contribution in [-0.4, -0.2) is 30.2 Å². The molecule has 0 aromatic heterocycles. The SMILES string of the molecule is O=C(c1ccc(-c2ccc(F)cc2)cc1)N1CCCC1N1CNc2ccccc21. The Morgan fingerprint density at radius 1 is 0.931 bits per heavy atom. The summed E-state index contributed by atoms with van der Waals surface area (Å²) in [4.78, 5) is 17.5. The van der Waals surface area contributed by atoms with E-state index in [2.05, 4.69) is 22.3 Å². The van der Waals surface area contributed by atoms with Gasteiger partial charge in [-0.1, -0.05) is 36.4 Å². The number of anilines is 2. The van der Waals surface area contributed by atoms with E-state index in [0.29, 0.717) is 5.56 Å². The van der Waals surface area contributed by atoms with Crippen molar-refractivity contribution in [3.05, 3.63) is 84.2 Å². The van der Waals surface area contributed by atoms with E-state index in [9.17, 15) is 9.18 Å². The molecule has 1 saturated heterocycles. The van der Waals surface area contributed by atoms with Gasteiger partial charge in [-0.05, 0) is 60.4 Å². The predicted octanol–water partition coefficient (Wildman–Crippen LogP) is 4.94. The smallest absolute Gasteiger partial charge is 0.255 e. The number of rotatable bonds is 3. The first-order chi connectivity index (χ1) is 14.2. The third kappa shape index (κ3) is 3.23. The molecular weight excluding hydrogens is 365 g/mol. The second-order valence-corrected chi connectivity index (χ2v) is 7.53. The maximum atomic E-state index is 13.2. The van der Waals surface area contributed by atoms with Crippen molar-refractivity contribution in [3.8, 4) is 11.1 Å². The summed E-state index contributed by atoms with van der Waals surface area (Å²) in [6, 6.07) is 22.2. The molecule has 1 atom stereocenters. The first-order valence-electron chi connectivity index (χ1n) is 9.97. The Kier molecular flexibility index (Phi) is 4.43. The van der Waals surface area contributed by atoms with Crippen LogP contribution in [0.15, 0.2) is 72.8 Å². The van der Waals surface area contributed by atoms with Crippen LogP contribution in [0.2, 0.25) is 0 Å². The lowest BCUT2D eigenvalue weighted by Gasteiger charge is -2.33. The minimum atomic E-state index is -0.251. The van der Waals surface area contributed by atoms with Crippen LogP contribution >= 0.6 is 0 Å². The minimum Gasteiger partial charge on any atom is -0.366 e. The molecule has 1 N–H and O–H groups in total. The highest BCUT2D eigenvalue weighted by atomic mass is 19.1. The van der Waals surface area contributed by atoms with E-state index in [4.69, 9.17) is 0 Å². The Morgan fingerprint density at radius 2 is 1.62 bits per heavy atom. The molecule has 3 aromatic carbocycles. The third-order valence-corrected chi connectivity index (χ3v) is 5.80. The molecule has 0 bridgehead atoms. The number of likely N-dealkylation sites (tertiary alicyclic amines) is 1. The van der Waals surface area contributed by atoms with Crippen molar-refractivity contribution in [1.82, 2.24) is 4.90 Å². The van der Waals surface area contributed by atoms with Crippen LogP contribution < -0.4 is 10.2 Å². The summed E-state index contributed by atoms with van der Waals surface area (Å²) in [5.74, 6) is -0.193. The van der Waals surface area contributed by atoms with Crippen LogP contribution in [0.25, 0.3) is 11.1 Å². The molecule has 2 aliphatic rings. The maximum absolute atomic E-state index is 13.2. The second kappa shape index (κ2) is 7.24. The number of nitrogens with zero attached hydrogens (tertiary/aromatic N) is 2. The van der Waals surface area contributed by atoms with Crippen LogP contribution in [0.4, 0.5) is 15.8 Å². The molecule has 0 spiro atoms. The van der Waals surface area contributed by atoms with Crippen molar-refractivity contribution in [2.24, 2.45) is 0 Å². The van der Waals surface area contributed by atoms with Gasteiger partial charge in [0.15, 0.2) is 0 Å². The van der Waals surface area contributed by atoms with Gasteiger partial charge in [0, 0.05) is 12.1 Å². The number of amides is 1. The summed E-state index contributed by atoms with van der Waals surface area (Å²) in [6.07, 6.45) is 2.04. The highest BCUT2D eigenvalue weighted by molar-refractivity contribution is 5.95. The number of hydrogen-bond donors (Lipinski definition) is 1. The molecule has 29 heavy (non-hydrogen) atoms. The number of para-hydroxylation sites is 2. The van der Waals surface area contributed by atoms with Gasteiger partial charge in [-0.15, -0.1) is 0 Å². The molecule has 0 saturated carbocycles. The largest absolute Gasteiger partial charge is 0.366 e. The molecule has 1 unspecified atom stereocenters. The third-order valence-electron chi connectivity index (χ3n) is 5.80. The molecule has 2 heterocycles. The first-order valence-corrected chi connectivity index (χ1v) is 9.97. The lowest BCUT2D eigenvalue weighted by molar-refractivity contribution is 0.0735. The average molecular weight is 387 g/mol. The molecule has 3 aromatic rings. The van der Waals surface area contributed by atoms with E-state index >= 15 is 0 Å². The van der Waals surface area contributed by atoms with Crippen LogP contribution in [0, 0.1) is 5.82 Å². The van der Waals surface area contributed by atoms with E-state index in [1.54, 1.807) is 12.1 Å². The molecule has 1 amide bonds. The highest BCUT2D eigenvalue weighted by Crippen LogP contribution is 2.36. The van der Waals surface area contributed by atoms with Gasteiger partial charge in [0.1, 0.15) is 12.0 Å². The molecule has 0 radical (unpaired) electrons. The summed E-state index contributed by atoms with van der Waals surface area (Å²) < 4.78 is 13.1. The number of benzene rings is 3. The van der Waals surface area contributed by atoms with E-state index in [0.717, 1.165) is 48.6 Å². The number of nitrogens with one attached hydrogen (secondary N) is 1. The van der Waals surface area contributed by atoms with Crippen molar-refractivity contribution in [2.75, 3.05) is 23.4 Å². The molecular formula is C24H22FN3O. The predicted molar refractivity (Wildman–Crippen MR) is 113 cm³/mol. The Balaban J connectivity index is 1.36. The Bertz CT molecular complexity index is 1030. The summed E-state index contributed by atoms with van der Waals surface area (Å²) in [5, 5.41) is 3.42. The number of fused-ring (bicyclic) bond motifs is 1. The Hall–Kier alpha value is -3.34. The van der Waals surface area contributed by atoms with Crippen molar-refractivity contribution < 1.29 is 9.18 Å². The van der Waals surface area contributed by atoms with Gasteiger partial charge in [0.25, 0.3) is 5.91 Å². The first kappa shape index (κ1) is 17.7. The lowest BCUT2D eigenvalue weighted by atomic mass is 10.0. The zero-order chi connectivity index (χ0) is 19.8. The van der Waals surface area contributed by atoms with Crippen LogP contribution in [0.5, 0.6) is 0 Å². The Morgan fingerprint density at radius 3 is 2.38 bits per heavy atom. The topological polar surface area (TPSA) is 35.6 Å². The zero-order valence-corrected chi connectivity index (χ0v) is 16.0. The van der Waals surface area contributed by atoms with Gasteiger partial charge in [0.05, 0.1) is 18.0 Å². The van der Waals surface area contributed by atoms with Crippen LogP contribution in [-0.2, 0) is 0 Å². The molecule has 0 aliphatic carbocycles. The minimum absolute atomic E-state index is 0.0579. The standard InChI is InChI=1S/C24H22FN3O/c25-20-13-11-18(12-14-20)17-7-9-19(10-8-17)24(29)27-15-3-6-23(27)28-16-26-21-4-1-2-5-22(21)28/h1-2,4-5,7-14,23,26H,3,6,15-16H2. The van der Waals surface area contributed by atoms with Gasteiger partial charge >= 0.3 is 0 Å². The number of carbonyl (C=O) groups excluding carboxylic acids is 1. The summed E-state index contributed by atoms with van der Waals surface area (Å²) in [6.45, 7) is 1.49. The zero-order valence-electron chi connectivity index (χ0n) is 16.0. The van der Waals surface area contributed by atoms with E-state index in [-0.39, 0.29) is 17.9 Å². The number of halogens is 1. The van der Waals surface area contributed by atoms with E-state index < -0.39 is 0 Å². The lowest BCUT2D eigenvalue weighted by Crippen LogP contribution is -2.47. The monoisotopic (exact) mass is 387 g/mol. The average Bonchev–Trinajstić information content (AvgIpc) is 3.41. The van der Waals surface area contributed by atoms with Gasteiger partial charge < -0.3 is 15.1 Å². The summed E-state index contributed by atoms with van der Waals surface area (Å²) >= 11 is 0. The van der Waals surface area contributed by atoms with E-state index in [1.807, 2.05) is 41.3 Å². The van der Waals surface area contributed by atoms with Gasteiger partial charge in [-0.25, -0.2) is 4.39 Å². The molecule has 5 rings (SSSR count). The fraction of sp³-hybridized carbons (Fsp3) is 0.208. The Labute approximate surface area is 169 Å². The van der Waals surface area contributed by atoms with Crippen molar-refractivity contribution in [3.63, 3.8) is 0 Å². The number of hydrogen-bond acceptors (Lipinski definition) is 3. The highest BCUT2D eigenvalue weighted by Gasteiger charge is 2.36. The van der Waals surface area contributed by atoms with Crippen molar-refractivity contribution in [2.45, 2.75) is 19.0 Å². The fourth-order valence-corrected chi connectivity index (χ4v) is 4.32. The quantitative estimate of drug-likeness (QED) is 0.691. The molecule has 146 valence electrons. The van der Waals surface area contributed by atoms with Gasteiger partial charge in [0.2, 0.25) is 0 Å². The second-order valence-electron chi connectivity index (χ2n) is 7.53. The van der Waals surface area contributed by atoms with Gasteiger partial charge in [-0.3, -0.25) is 4.79 Å². The van der Waals surface area contributed by atoms with Crippen molar-refractivity contribution >= 4 is 17.3 Å². The summed E-state index contributed by atoms with van der Waals surface area (Å²) in [5.41, 5.74) is 4.86. The molecule has 4 nitrogen and oxygen atoms in total. The molecule has 5 heteroatoms. The van der Waals surface area contributed by atoms with E-state index in [1.165, 1.54) is 12.1 Å². The fourth-order valence-electron chi connectivity index (χ4n) is 4.32. The summed E-state index contributed by atoms with van der Waals surface area (Å²) in [7, 11) is 0. The van der Waals surface area contributed by atoms with Crippen LogP contribution in [0.1, 0.15) is 23.2 Å². The van der Waals surface area contributed by atoms with Crippen molar-refractivity contribution in [1.29, 1.82) is 0 Å². The molecule has 1 fully saturated rings. The maximum Gasteiger partial charge on any atom is 0.255 e. The normalized spacial score (nSPS) is 17.9.